The lowest BCUT2D eigenvalue weighted by Crippen LogP contribution is -2.41. The van der Waals surface area contributed by atoms with E-state index in [0.717, 1.165) is 37.7 Å². The third-order valence-corrected chi connectivity index (χ3v) is 5.93. The van der Waals surface area contributed by atoms with Gasteiger partial charge in [-0.05, 0) is 42.7 Å². The number of urea groups is 1. The summed E-state index contributed by atoms with van der Waals surface area (Å²) in [5, 5.41) is 12.3. The Balaban J connectivity index is 1.46. The van der Waals surface area contributed by atoms with Crippen LogP contribution in [0.25, 0.3) is 6.08 Å². The molecule has 1 N–H and O–H groups in total. The molecular weight excluding hydrogens is 414 g/mol. The standard InChI is InChI=1S/C24H22ClN3O3/c25-20-12-16(10-11-22(20)31-15-18-7-5-4-6-17(18)14-26)13-21-23(29)28(24(30)27-21)19-8-2-1-3-9-19/h4-7,10-13,19H,1-3,8-9,15H2,(H,27,30)/b21-13-. The molecule has 0 atom stereocenters. The molecule has 2 aromatic carbocycles. The molecule has 0 aromatic heterocycles. The molecule has 2 aromatic rings. The summed E-state index contributed by atoms with van der Waals surface area (Å²) in [5.41, 5.74) is 2.26. The number of imide groups is 1. The number of nitriles is 1. The molecule has 0 unspecified atom stereocenters. The van der Waals surface area contributed by atoms with Crippen LogP contribution in [-0.4, -0.2) is 22.9 Å². The number of carbonyl (C=O) groups excluding carboxylic acids is 2. The fourth-order valence-electron chi connectivity index (χ4n) is 4.02. The molecule has 2 fully saturated rings. The maximum atomic E-state index is 12.8. The Kier molecular flexibility index (Phi) is 6.24. The third-order valence-electron chi connectivity index (χ3n) is 5.64. The van der Waals surface area contributed by atoms with Gasteiger partial charge in [-0.3, -0.25) is 9.69 Å². The van der Waals surface area contributed by atoms with Crippen molar-refractivity contribution in [3.63, 3.8) is 0 Å². The number of rotatable bonds is 5. The van der Waals surface area contributed by atoms with Crippen molar-refractivity contribution in [2.24, 2.45) is 0 Å². The van der Waals surface area contributed by atoms with E-state index in [1.54, 1.807) is 36.4 Å². The lowest BCUT2D eigenvalue weighted by Gasteiger charge is -2.28. The van der Waals surface area contributed by atoms with Crippen molar-refractivity contribution in [3.05, 3.63) is 69.9 Å². The van der Waals surface area contributed by atoms with E-state index in [1.165, 1.54) is 4.90 Å². The number of nitrogens with one attached hydrogen (secondary N) is 1. The molecule has 158 valence electrons. The molecule has 4 rings (SSSR count). The second-order valence-corrected chi connectivity index (χ2v) is 8.11. The molecule has 0 bridgehead atoms. The fourth-order valence-corrected chi connectivity index (χ4v) is 4.26. The fraction of sp³-hybridized carbons (Fsp3) is 0.292. The molecule has 31 heavy (non-hydrogen) atoms. The highest BCUT2D eigenvalue weighted by atomic mass is 35.5. The topological polar surface area (TPSA) is 82.4 Å². The van der Waals surface area contributed by atoms with Crippen molar-refractivity contribution >= 4 is 29.6 Å². The molecule has 1 heterocycles. The van der Waals surface area contributed by atoms with E-state index in [1.807, 2.05) is 12.1 Å². The smallest absolute Gasteiger partial charge is 0.329 e. The lowest BCUT2D eigenvalue weighted by molar-refractivity contribution is -0.124. The summed E-state index contributed by atoms with van der Waals surface area (Å²) in [6, 6.07) is 14.1. The first-order valence-corrected chi connectivity index (χ1v) is 10.7. The average molecular weight is 436 g/mol. The van der Waals surface area contributed by atoms with E-state index in [2.05, 4.69) is 11.4 Å². The van der Waals surface area contributed by atoms with Crippen molar-refractivity contribution < 1.29 is 14.3 Å². The summed E-state index contributed by atoms with van der Waals surface area (Å²) < 4.78 is 5.78. The zero-order chi connectivity index (χ0) is 21.8. The number of carbonyl (C=O) groups is 2. The van der Waals surface area contributed by atoms with Gasteiger partial charge in [-0.15, -0.1) is 0 Å². The molecule has 1 aliphatic carbocycles. The van der Waals surface area contributed by atoms with Crippen LogP contribution >= 0.6 is 11.6 Å². The molecule has 6 nitrogen and oxygen atoms in total. The first-order chi connectivity index (χ1) is 15.1. The summed E-state index contributed by atoms with van der Waals surface area (Å²) >= 11 is 6.37. The summed E-state index contributed by atoms with van der Waals surface area (Å²) in [7, 11) is 0. The average Bonchev–Trinajstić information content (AvgIpc) is 3.06. The zero-order valence-electron chi connectivity index (χ0n) is 16.9. The lowest BCUT2D eigenvalue weighted by atomic mass is 9.94. The Morgan fingerprint density at radius 3 is 2.68 bits per heavy atom. The van der Waals surface area contributed by atoms with E-state index in [-0.39, 0.29) is 30.3 Å². The predicted octanol–water partition coefficient (Wildman–Crippen LogP) is 5.02. The van der Waals surface area contributed by atoms with E-state index in [9.17, 15) is 14.9 Å². The van der Waals surface area contributed by atoms with Gasteiger partial charge in [-0.1, -0.05) is 55.1 Å². The summed E-state index contributed by atoms with van der Waals surface area (Å²) in [6.07, 6.45) is 6.58. The Morgan fingerprint density at radius 2 is 1.94 bits per heavy atom. The second kappa shape index (κ2) is 9.23. The van der Waals surface area contributed by atoms with Crippen molar-refractivity contribution in [3.8, 4) is 11.8 Å². The number of amides is 3. The van der Waals surface area contributed by atoms with E-state index in [0.29, 0.717) is 21.9 Å². The first-order valence-electron chi connectivity index (χ1n) is 10.3. The number of ether oxygens (including phenoxy) is 1. The van der Waals surface area contributed by atoms with Crippen LogP contribution in [-0.2, 0) is 11.4 Å². The minimum Gasteiger partial charge on any atom is -0.487 e. The third kappa shape index (κ3) is 4.57. The van der Waals surface area contributed by atoms with Crippen LogP contribution in [0, 0.1) is 11.3 Å². The van der Waals surface area contributed by atoms with Gasteiger partial charge >= 0.3 is 6.03 Å². The molecule has 0 spiro atoms. The molecule has 2 aliphatic rings. The van der Waals surface area contributed by atoms with Gasteiger partial charge in [0.25, 0.3) is 5.91 Å². The van der Waals surface area contributed by atoms with Gasteiger partial charge in [0.1, 0.15) is 18.1 Å². The normalized spacial score (nSPS) is 18.2. The summed E-state index contributed by atoms with van der Waals surface area (Å²) in [6.45, 7) is 0.217. The highest BCUT2D eigenvalue weighted by Gasteiger charge is 2.38. The van der Waals surface area contributed by atoms with Crippen LogP contribution in [0.4, 0.5) is 4.79 Å². The molecule has 1 aliphatic heterocycles. The Morgan fingerprint density at radius 1 is 1.16 bits per heavy atom. The maximum Gasteiger partial charge on any atom is 0.329 e. The van der Waals surface area contributed by atoms with E-state index < -0.39 is 0 Å². The summed E-state index contributed by atoms with van der Waals surface area (Å²) in [5.74, 6) is 0.184. The van der Waals surface area contributed by atoms with Crippen LogP contribution < -0.4 is 10.1 Å². The highest BCUT2D eigenvalue weighted by molar-refractivity contribution is 6.32. The van der Waals surface area contributed by atoms with E-state index >= 15 is 0 Å². The molecule has 0 radical (unpaired) electrons. The minimum atomic E-state index is -0.356. The molecule has 3 amide bonds. The van der Waals surface area contributed by atoms with Gasteiger partial charge < -0.3 is 10.1 Å². The predicted molar refractivity (Wildman–Crippen MR) is 117 cm³/mol. The van der Waals surface area contributed by atoms with Crippen LogP contribution in [0.2, 0.25) is 5.02 Å². The number of hydrogen-bond donors (Lipinski definition) is 1. The van der Waals surface area contributed by atoms with Gasteiger partial charge in [0.15, 0.2) is 0 Å². The molecule has 1 saturated heterocycles. The summed E-state index contributed by atoms with van der Waals surface area (Å²) in [4.78, 5) is 26.5. The Hall–Kier alpha value is -3.30. The number of benzene rings is 2. The monoisotopic (exact) mass is 435 g/mol. The van der Waals surface area contributed by atoms with E-state index in [4.69, 9.17) is 16.3 Å². The van der Waals surface area contributed by atoms with Crippen molar-refractivity contribution in [1.29, 1.82) is 5.26 Å². The van der Waals surface area contributed by atoms with Crippen molar-refractivity contribution in [2.45, 2.75) is 44.8 Å². The number of halogens is 1. The zero-order valence-corrected chi connectivity index (χ0v) is 17.7. The SMILES string of the molecule is N#Cc1ccccc1COc1ccc(/C=C2\NC(=O)N(C3CCCCC3)C2=O)cc1Cl. The number of nitrogens with zero attached hydrogens (tertiary/aromatic N) is 2. The number of hydrogen-bond acceptors (Lipinski definition) is 4. The molecule has 7 heteroatoms. The minimum absolute atomic E-state index is 0.0252. The maximum absolute atomic E-state index is 12.8. The van der Waals surface area contributed by atoms with Gasteiger partial charge in [-0.2, -0.15) is 5.26 Å². The quantitative estimate of drug-likeness (QED) is 0.528. The second-order valence-electron chi connectivity index (χ2n) is 7.70. The Labute approximate surface area is 186 Å². The first kappa shape index (κ1) is 21.0. The van der Waals surface area contributed by atoms with Crippen LogP contribution in [0.15, 0.2) is 48.2 Å². The molecular formula is C24H22ClN3O3. The van der Waals surface area contributed by atoms with Gasteiger partial charge in [-0.25, -0.2) is 4.79 Å². The highest BCUT2D eigenvalue weighted by Crippen LogP contribution is 2.29. The van der Waals surface area contributed by atoms with Crippen molar-refractivity contribution in [2.75, 3.05) is 0 Å². The van der Waals surface area contributed by atoms with Gasteiger partial charge in [0, 0.05) is 11.6 Å². The van der Waals surface area contributed by atoms with Crippen LogP contribution in [0.1, 0.15) is 48.8 Å². The van der Waals surface area contributed by atoms with Gasteiger partial charge in [0.05, 0.1) is 16.7 Å². The van der Waals surface area contributed by atoms with Crippen molar-refractivity contribution in [1.82, 2.24) is 10.2 Å². The largest absolute Gasteiger partial charge is 0.487 e. The Bertz CT molecular complexity index is 1080. The van der Waals surface area contributed by atoms with Crippen LogP contribution in [0.3, 0.4) is 0 Å². The van der Waals surface area contributed by atoms with Crippen LogP contribution in [0.5, 0.6) is 5.75 Å². The van der Waals surface area contributed by atoms with Gasteiger partial charge in [0.2, 0.25) is 0 Å². The molecule has 1 saturated carbocycles.